The second-order valence-electron chi connectivity index (χ2n) is 7.62. The zero-order chi connectivity index (χ0) is 21.4. The number of hydrogen-bond donors (Lipinski definition) is 0. The van der Waals surface area contributed by atoms with Gasteiger partial charge in [-0.15, -0.1) is 0 Å². The van der Waals surface area contributed by atoms with Crippen molar-refractivity contribution < 1.29 is 14.3 Å². The van der Waals surface area contributed by atoms with E-state index in [0.29, 0.717) is 30.3 Å². The molecule has 0 unspecified atom stereocenters. The van der Waals surface area contributed by atoms with Crippen LogP contribution in [0.25, 0.3) is 6.08 Å². The SMILES string of the molecule is O=C1/C(=C/c2cccc(Br)c2)Oc2c1ccc1c2CN(CCc2ccc(Cl)cc2)CO1. The molecule has 0 saturated carbocycles. The maximum Gasteiger partial charge on any atom is 0.231 e. The number of carbonyl (C=O) groups excluding carboxylic acids is 1. The summed E-state index contributed by atoms with van der Waals surface area (Å²) in [5.41, 5.74) is 3.63. The van der Waals surface area contributed by atoms with Crippen molar-refractivity contribution in [3.63, 3.8) is 0 Å². The first-order chi connectivity index (χ1) is 15.1. The molecule has 31 heavy (non-hydrogen) atoms. The third kappa shape index (κ3) is 4.26. The zero-order valence-electron chi connectivity index (χ0n) is 16.6. The van der Waals surface area contributed by atoms with Gasteiger partial charge in [0.15, 0.2) is 5.76 Å². The van der Waals surface area contributed by atoms with E-state index < -0.39 is 0 Å². The van der Waals surface area contributed by atoms with Gasteiger partial charge in [-0.1, -0.05) is 51.8 Å². The van der Waals surface area contributed by atoms with Crippen LogP contribution in [0.15, 0.2) is 70.9 Å². The van der Waals surface area contributed by atoms with E-state index in [2.05, 4.69) is 20.8 Å². The second-order valence-corrected chi connectivity index (χ2v) is 8.97. The highest BCUT2D eigenvalue weighted by atomic mass is 79.9. The van der Waals surface area contributed by atoms with Gasteiger partial charge in [-0.25, -0.2) is 0 Å². The fourth-order valence-electron chi connectivity index (χ4n) is 3.83. The molecule has 0 N–H and O–H groups in total. The van der Waals surface area contributed by atoms with Gasteiger partial charge in [0, 0.05) is 22.6 Å². The summed E-state index contributed by atoms with van der Waals surface area (Å²) >= 11 is 9.44. The fourth-order valence-corrected chi connectivity index (χ4v) is 4.38. The Labute approximate surface area is 194 Å². The van der Waals surface area contributed by atoms with E-state index in [1.165, 1.54) is 5.56 Å². The van der Waals surface area contributed by atoms with Crippen LogP contribution in [0, 0.1) is 0 Å². The highest BCUT2D eigenvalue weighted by molar-refractivity contribution is 9.10. The van der Waals surface area contributed by atoms with E-state index in [0.717, 1.165) is 39.3 Å². The Balaban J connectivity index is 1.36. The quantitative estimate of drug-likeness (QED) is 0.408. The van der Waals surface area contributed by atoms with Gasteiger partial charge in [0.05, 0.1) is 11.1 Å². The predicted octanol–water partition coefficient (Wildman–Crippen LogP) is 6.11. The Hall–Kier alpha value is -2.60. The molecule has 6 heteroatoms. The number of nitrogens with zero attached hydrogens (tertiary/aromatic N) is 1. The highest BCUT2D eigenvalue weighted by Gasteiger charge is 2.33. The average molecular weight is 497 g/mol. The van der Waals surface area contributed by atoms with Gasteiger partial charge in [0.1, 0.15) is 18.2 Å². The Bertz CT molecular complexity index is 1190. The van der Waals surface area contributed by atoms with Crippen molar-refractivity contribution in [2.24, 2.45) is 0 Å². The van der Waals surface area contributed by atoms with Crippen molar-refractivity contribution in [3.8, 4) is 11.5 Å². The molecule has 2 aliphatic heterocycles. The number of allylic oxidation sites excluding steroid dienone is 1. The molecule has 3 aromatic rings. The fraction of sp³-hybridized carbons (Fsp3) is 0.160. The van der Waals surface area contributed by atoms with E-state index in [1.807, 2.05) is 54.6 Å². The molecular weight excluding hydrogens is 478 g/mol. The Morgan fingerprint density at radius 2 is 1.94 bits per heavy atom. The summed E-state index contributed by atoms with van der Waals surface area (Å²) in [6.07, 6.45) is 2.67. The molecule has 0 radical (unpaired) electrons. The summed E-state index contributed by atoms with van der Waals surface area (Å²) in [5.74, 6) is 1.62. The third-order valence-corrected chi connectivity index (χ3v) is 6.20. The van der Waals surface area contributed by atoms with Crippen LogP contribution >= 0.6 is 27.5 Å². The number of fused-ring (bicyclic) bond motifs is 3. The smallest absolute Gasteiger partial charge is 0.231 e. The molecule has 0 aromatic heterocycles. The first-order valence-corrected chi connectivity index (χ1v) is 11.2. The number of rotatable bonds is 4. The van der Waals surface area contributed by atoms with Crippen LogP contribution in [-0.2, 0) is 13.0 Å². The van der Waals surface area contributed by atoms with E-state index in [1.54, 1.807) is 12.1 Å². The minimum Gasteiger partial charge on any atom is -0.478 e. The Kier molecular flexibility index (Phi) is 5.57. The minimum absolute atomic E-state index is 0.101. The van der Waals surface area contributed by atoms with Crippen molar-refractivity contribution in [3.05, 3.63) is 98.2 Å². The molecule has 0 fully saturated rings. The second kappa shape index (κ2) is 8.50. The minimum atomic E-state index is -0.101. The maximum absolute atomic E-state index is 12.9. The van der Waals surface area contributed by atoms with Crippen molar-refractivity contribution >= 4 is 39.4 Å². The topological polar surface area (TPSA) is 38.8 Å². The lowest BCUT2D eigenvalue weighted by molar-refractivity contribution is 0.0950. The highest BCUT2D eigenvalue weighted by Crippen LogP contribution is 2.42. The lowest BCUT2D eigenvalue weighted by Crippen LogP contribution is -2.33. The molecule has 156 valence electrons. The zero-order valence-corrected chi connectivity index (χ0v) is 18.9. The molecule has 0 bridgehead atoms. The lowest BCUT2D eigenvalue weighted by atomic mass is 10.0. The average Bonchev–Trinajstić information content (AvgIpc) is 3.09. The van der Waals surface area contributed by atoms with Gasteiger partial charge in [0.25, 0.3) is 0 Å². The molecule has 0 atom stereocenters. The van der Waals surface area contributed by atoms with E-state index in [9.17, 15) is 4.79 Å². The molecule has 4 nitrogen and oxygen atoms in total. The summed E-state index contributed by atoms with van der Waals surface area (Å²) in [6.45, 7) is 2.01. The van der Waals surface area contributed by atoms with Crippen LogP contribution in [0.1, 0.15) is 27.0 Å². The number of Topliss-reactive ketones (excluding diaryl/α,β-unsaturated/α-hetero) is 1. The molecule has 0 spiro atoms. The standard InChI is InChI=1S/C25H19BrClNO3/c26-18-3-1-2-17(12-18)13-23-24(29)20-8-9-22-21(25(20)31-23)14-28(15-30-22)11-10-16-4-6-19(27)7-5-16/h1-9,12-13H,10-11,14-15H2/b23-13-. The molecule has 3 aromatic carbocycles. The summed E-state index contributed by atoms with van der Waals surface area (Å²) in [6, 6.07) is 19.3. The summed E-state index contributed by atoms with van der Waals surface area (Å²) in [4.78, 5) is 15.1. The molecule has 0 aliphatic carbocycles. The van der Waals surface area contributed by atoms with Crippen LogP contribution in [0.3, 0.4) is 0 Å². The van der Waals surface area contributed by atoms with Crippen LogP contribution in [0.2, 0.25) is 5.02 Å². The molecule has 0 amide bonds. The number of ether oxygens (including phenoxy) is 2. The van der Waals surface area contributed by atoms with Gasteiger partial charge in [0.2, 0.25) is 5.78 Å². The third-order valence-electron chi connectivity index (χ3n) is 5.46. The van der Waals surface area contributed by atoms with Crippen LogP contribution < -0.4 is 9.47 Å². The summed E-state index contributed by atoms with van der Waals surface area (Å²) in [7, 11) is 0. The normalized spacial score (nSPS) is 16.6. The molecule has 2 aliphatic rings. The number of hydrogen-bond acceptors (Lipinski definition) is 4. The Morgan fingerprint density at radius 3 is 2.74 bits per heavy atom. The van der Waals surface area contributed by atoms with Crippen molar-refractivity contribution in [1.29, 1.82) is 0 Å². The first kappa shape index (κ1) is 20.3. The van der Waals surface area contributed by atoms with Gasteiger partial charge < -0.3 is 9.47 Å². The van der Waals surface area contributed by atoms with Gasteiger partial charge in [-0.3, -0.25) is 9.69 Å². The predicted molar refractivity (Wildman–Crippen MR) is 125 cm³/mol. The van der Waals surface area contributed by atoms with Crippen molar-refractivity contribution in [2.75, 3.05) is 13.3 Å². The summed E-state index contributed by atoms with van der Waals surface area (Å²) < 4.78 is 13.0. The summed E-state index contributed by atoms with van der Waals surface area (Å²) in [5, 5.41) is 0.739. The number of carbonyl (C=O) groups is 1. The van der Waals surface area contributed by atoms with E-state index >= 15 is 0 Å². The van der Waals surface area contributed by atoms with Crippen LogP contribution in [-0.4, -0.2) is 24.0 Å². The molecule has 2 heterocycles. The largest absolute Gasteiger partial charge is 0.478 e. The first-order valence-electron chi connectivity index (χ1n) is 10.0. The van der Waals surface area contributed by atoms with Gasteiger partial charge >= 0.3 is 0 Å². The molecule has 0 saturated heterocycles. The molecule has 5 rings (SSSR count). The van der Waals surface area contributed by atoms with Crippen LogP contribution in [0.5, 0.6) is 11.5 Å². The number of ketones is 1. The molecular formula is C25H19BrClNO3. The Morgan fingerprint density at radius 1 is 1.10 bits per heavy atom. The van der Waals surface area contributed by atoms with E-state index in [4.69, 9.17) is 21.1 Å². The maximum atomic E-state index is 12.9. The van der Waals surface area contributed by atoms with Crippen molar-refractivity contribution in [1.82, 2.24) is 4.90 Å². The lowest BCUT2D eigenvalue weighted by Gasteiger charge is -2.29. The van der Waals surface area contributed by atoms with E-state index in [-0.39, 0.29) is 5.78 Å². The number of benzene rings is 3. The van der Waals surface area contributed by atoms with Crippen molar-refractivity contribution in [2.45, 2.75) is 13.0 Å². The van der Waals surface area contributed by atoms with Gasteiger partial charge in [-0.05, 0) is 60.0 Å². The van der Waals surface area contributed by atoms with Gasteiger partial charge in [-0.2, -0.15) is 0 Å². The number of halogens is 2. The monoisotopic (exact) mass is 495 g/mol. The van der Waals surface area contributed by atoms with Crippen LogP contribution in [0.4, 0.5) is 0 Å².